The van der Waals surface area contributed by atoms with Crippen LogP contribution in [0.4, 0.5) is 0 Å². The molecule has 0 N–H and O–H groups in total. The molecular weight excluding hydrogens is 212 g/mol. The molecule has 2 heterocycles. The second kappa shape index (κ2) is 4.11. The molecule has 0 saturated carbocycles. The van der Waals surface area contributed by atoms with E-state index in [0.29, 0.717) is 5.75 Å². The zero-order valence-corrected chi connectivity index (χ0v) is 9.48. The van der Waals surface area contributed by atoms with Gasteiger partial charge in [0.25, 0.3) is 0 Å². The highest BCUT2D eigenvalue weighted by Gasteiger charge is 2.02. The van der Waals surface area contributed by atoms with E-state index in [1.165, 1.54) is 9.75 Å². The molecule has 0 aliphatic heterocycles. The van der Waals surface area contributed by atoms with Crippen LogP contribution < -0.4 is 0 Å². The van der Waals surface area contributed by atoms with E-state index in [0.717, 1.165) is 11.5 Å². The van der Waals surface area contributed by atoms with Gasteiger partial charge in [-0.1, -0.05) is 0 Å². The largest absolute Gasteiger partial charge is 0.240 e. The summed E-state index contributed by atoms with van der Waals surface area (Å²) in [5.74, 6) is 1.36. The first kappa shape index (κ1) is 9.68. The minimum Gasteiger partial charge on any atom is -0.240 e. The lowest BCUT2D eigenvalue weighted by molar-refractivity contribution is 1.04. The highest BCUT2D eigenvalue weighted by molar-refractivity contribution is 7.79. The number of thiol groups is 1. The third kappa shape index (κ3) is 1.96. The van der Waals surface area contributed by atoms with Gasteiger partial charge in [-0.15, -0.1) is 11.3 Å². The fraction of sp³-hybridized carbons (Fsp3) is 0.200. The predicted molar refractivity (Wildman–Crippen MR) is 62.8 cm³/mol. The van der Waals surface area contributed by atoms with Gasteiger partial charge >= 0.3 is 0 Å². The smallest absolute Gasteiger partial charge is 0.138 e. The number of nitrogens with zero attached hydrogens (tertiary/aromatic N) is 2. The topological polar surface area (TPSA) is 25.8 Å². The number of hydrogen-bond donors (Lipinski definition) is 1. The SMILES string of the molecule is Cc1ccc(-c2ccnc(CS)n2)s1. The van der Waals surface area contributed by atoms with Crippen molar-refractivity contribution in [1.29, 1.82) is 0 Å². The monoisotopic (exact) mass is 222 g/mol. The highest BCUT2D eigenvalue weighted by Crippen LogP contribution is 2.25. The van der Waals surface area contributed by atoms with Crippen LogP contribution in [-0.4, -0.2) is 9.97 Å². The van der Waals surface area contributed by atoms with Crippen molar-refractivity contribution >= 4 is 24.0 Å². The van der Waals surface area contributed by atoms with Crippen LogP contribution in [0.25, 0.3) is 10.6 Å². The van der Waals surface area contributed by atoms with E-state index in [2.05, 4.69) is 41.7 Å². The Kier molecular flexibility index (Phi) is 2.84. The molecule has 0 aliphatic rings. The molecule has 0 atom stereocenters. The Morgan fingerprint density at radius 2 is 2.21 bits per heavy atom. The lowest BCUT2D eigenvalue weighted by Crippen LogP contribution is -1.91. The van der Waals surface area contributed by atoms with Gasteiger partial charge in [0.15, 0.2) is 0 Å². The summed E-state index contributed by atoms with van der Waals surface area (Å²) in [5.41, 5.74) is 0.988. The van der Waals surface area contributed by atoms with Gasteiger partial charge in [0, 0.05) is 11.1 Å². The van der Waals surface area contributed by atoms with Gasteiger partial charge in [-0.3, -0.25) is 0 Å². The molecule has 2 aromatic heterocycles. The van der Waals surface area contributed by atoms with E-state index < -0.39 is 0 Å². The fourth-order valence-corrected chi connectivity index (χ4v) is 2.17. The second-order valence-electron chi connectivity index (χ2n) is 2.93. The van der Waals surface area contributed by atoms with Crippen molar-refractivity contribution < 1.29 is 0 Å². The average molecular weight is 222 g/mol. The summed E-state index contributed by atoms with van der Waals surface area (Å²) >= 11 is 5.90. The van der Waals surface area contributed by atoms with E-state index in [4.69, 9.17) is 0 Å². The van der Waals surface area contributed by atoms with Gasteiger partial charge in [0.2, 0.25) is 0 Å². The maximum Gasteiger partial charge on any atom is 0.138 e. The number of rotatable bonds is 2. The van der Waals surface area contributed by atoms with Crippen molar-refractivity contribution in [1.82, 2.24) is 9.97 Å². The number of aryl methyl sites for hydroxylation is 1. The number of aromatic nitrogens is 2. The number of thiophene rings is 1. The minimum absolute atomic E-state index is 0.582. The fourth-order valence-electron chi connectivity index (χ4n) is 1.18. The van der Waals surface area contributed by atoms with Crippen molar-refractivity contribution in [2.75, 3.05) is 0 Å². The summed E-state index contributed by atoms with van der Waals surface area (Å²) in [6.45, 7) is 2.09. The summed E-state index contributed by atoms with van der Waals surface area (Å²) < 4.78 is 0. The normalized spacial score (nSPS) is 10.4. The molecule has 0 bridgehead atoms. The standard InChI is InChI=1S/C10H10N2S2/c1-7-2-3-9(14-7)8-4-5-11-10(6-13)12-8/h2-5,13H,6H2,1H3. The van der Waals surface area contributed by atoms with Crippen LogP contribution in [0, 0.1) is 6.92 Å². The van der Waals surface area contributed by atoms with Gasteiger partial charge in [-0.2, -0.15) is 12.6 Å². The van der Waals surface area contributed by atoms with E-state index >= 15 is 0 Å². The molecule has 0 radical (unpaired) electrons. The molecule has 0 spiro atoms. The maximum absolute atomic E-state index is 4.40. The van der Waals surface area contributed by atoms with Crippen molar-refractivity contribution in [2.24, 2.45) is 0 Å². The van der Waals surface area contributed by atoms with Gasteiger partial charge in [0.05, 0.1) is 16.3 Å². The molecule has 0 saturated heterocycles. The Labute approximate surface area is 92.5 Å². The summed E-state index contributed by atoms with van der Waals surface area (Å²) in [6, 6.07) is 6.12. The first-order chi connectivity index (χ1) is 6.79. The van der Waals surface area contributed by atoms with E-state index in [1.807, 2.05) is 6.07 Å². The molecule has 72 valence electrons. The van der Waals surface area contributed by atoms with Gasteiger partial charge in [-0.05, 0) is 25.1 Å². The van der Waals surface area contributed by atoms with Gasteiger partial charge in [0.1, 0.15) is 5.82 Å². The molecule has 4 heteroatoms. The Balaban J connectivity index is 2.41. The first-order valence-electron chi connectivity index (χ1n) is 4.29. The van der Waals surface area contributed by atoms with Crippen LogP contribution in [-0.2, 0) is 5.75 Å². The summed E-state index contributed by atoms with van der Waals surface area (Å²) in [5, 5.41) is 0. The summed E-state index contributed by atoms with van der Waals surface area (Å²) in [4.78, 5) is 11.0. The first-order valence-corrected chi connectivity index (χ1v) is 5.74. The lowest BCUT2D eigenvalue weighted by Gasteiger charge is -1.98. The molecule has 0 aromatic carbocycles. The van der Waals surface area contributed by atoms with Crippen LogP contribution in [0.3, 0.4) is 0 Å². The minimum atomic E-state index is 0.582. The van der Waals surface area contributed by atoms with Gasteiger partial charge in [-0.25, -0.2) is 9.97 Å². The summed E-state index contributed by atoms with van der Waals surface area (Å²) in [7, 11) is 0. The van der Waals surface area contributed by atoms with E-state index in [-0.39, 0.29) is 0 Å². The van der Waals surface area contributed by atoms with Crippen LogP contribution in [0.1, 0.15) is 10.7 Å². The zero-order valence-electron chi connectivity index (χ0n) is 7.77. The average Bonchev–Trinajstić information content (AvgIpc) is 2.65. The van der Waals surface area contributed by atoms with E-state index in [1.54, 1.807) is 17.5 Å². The Morgan fingerprint density at radius 1 is 1.36 bits per heavy atom. The van der Waals surface area contributed by atoms with Crippen molar-refractivity contribution in [3.63, 3.8) is 0 Å². The van der Waals surface area contributed by atoms with Crippen molar-refractivity contribution in [2.45, 2.75) is 12.7 Å². The zero-order chi connectivity index (χ0) is 9.97. The Bertz CT molecular complexity index is 437. The highest BCUT2D eigenvalue weighted by atomic mass is 32.1. The molecule has 2 aromatic rings. The molecule has 0 aliphatic carbocycles. The Hall–Kier alpha value is -0.870. The van der Waals surface area contributed by atoms with Crippen molar-refractivity contribution in [3.8, 4) is 10.6 Å². The maximum atomic E-state index is 4.40. The van der Waals surface area contributed by atoms with Crippen LogP contribution in [0.15, 0.2) is 24.4 Å². The van der Waals surface area contributed by atoms with Crippen LogP contribution in [0.2, 0.25) is 0 Å². The van der Waals surface area contributed by atoms with E-state index in [9.17, 15) is 0 Å². The molecule has 14 heavy (non-hydrogen) atoms. The van der Waals surface area contributed by atoms with Crippen molar-refractivity contribution in [3.05, 3.63) is 35.1 Å². The molecule has 0 unspecified atom stereocenters. The quantitative estimate of drug-likeness (QED) is 0.791. The molecular formula is C10H10N2S2. The molecule has 0 amide bonds. The van der Waals surface area contributed by atoms with Gasteiger partial charge < -0.3 is 0 Å². The second-order valence-corrected chi connectivity index (χ2v) is 4.53. The predicted octanol–water partition coefficient (Wildman–Crippen LogP) is 2.94. The lowest BCUT2D eigenvalue weighted by atomic mass is 10.3. The molecule has 0 fully saturated rings. The Morgan fingerprint density at radius 3 is 2.86 bits per heavy atom. The third-order valence-corrected chi connectivity index (χ3v) is 3.15. The molecule has 2 rings (SSSR count). The number of hydrogen-bond acceptors (Lipinski definition) is 4. The summed E-state index contributed by atoms with van der Waals surface area (Å²) in [6.07, 6.45) is 1.78. The van der Waals surface area contributed by atoms with Crippen LogP contribution >= 0.6 is 24.0 Å². The third-order valence-electron chi connectivity index (χ3n) is 1.84. The van der Waals surface area contributed by atoms with Crippen LogP contribution in [0.5, 0.6) is 0 Å². The molecule has 2 nitrogen and oxygen atoms in total.